The quantitative estimate of drug-likeness (QED) is 0.628. The predicted octanol–water partition coefficient (Wildman–Crippen LogP) is 4.34. The molecule has 2 rings (SSSR count). The SMILES string of the molecule is CCNC(=O)[C@H](C)N(Cc1ccc(C)cc1)C(=O)COc1ccc(Cl)cc1Br. The van der Waals surface area contributed by atoms with Gasteiger partial charge >= 0.3 is 0 Å². The highest BCUT2D eigenvalue weighted by Crippen LogP contribution is 2.28. The third kappa shape index (κ3) is 6.24. The van der Waals surface area contributed by atoms with Crippen LogP contribution >= 0.6 is 27.5 Å². The van der Waals surface area contributed by atoms with Crippen molar-refractivity contribution in [3.8, 4) is 5.75 Å². The van der Waals surface area contributed by atoms with E-state index in [2.05, 4.69) is 21.2 Å². The standard InChI is InChI=1S/C21H24BrClN2O3/c1-4-24-21(27)15(3)25(12-16-7-5-14(2)6-8-16)20(26)13-28-19-10-9-17(23)11-18(19)22/h5-11,15H,4,12-13H2,1-3H3,(H,24,27)/t15-/m0/s1. The van der Waals surface area contributed by atoms with Gasteiger partial charge in [-0.25, -0.2) is 0 Å². The average molecular weight is 468 g/mol. The Bertz CT molecular complexity index is 827. The van der Waals surface area contributed by atoms with Gasteiger partial charge in [0.05, 0.1) is 4.47 Å². The van der Waals surface area contributed by atoms with Crippen LogP contribution in [0, 0.1) is 6.92 Å². The van der Waals surface area contributed by atoms with Crippen LogP contribution in [0.5, 0.6) is 5.75 Å². The zero-order valence-corrected chi connectivity index (χ0v) is 18.5. The van der Waals surface area contributed by atoms with Crippen molar-refractivity contribution in [2.45, 2.75) is 33.4 Å². The molecule has 1 atom stereocenters. The summed E-state index contributed by atoms with van der Waals surface area (Å²) >= 11 is 9.30. The molecule has 0 saturated heterocycles. The minimum atomic E-state index is -0.619. The lowest BCUT2D eigenvalue weighted by atomic mass is 10.1. The number of nitrogens with one attached hydrogen (secondary N) is 1. The number of halogens is 2. The molecule has 0 aliphatic carbocycles. The minimum absolute atomic E-state index is 0.185. The van der Waals surface area contributed by atoms with Crippen LogP contribution in [0.4, 0.5) is 0 Å². The highest BCUT2D eigenvalue weighted by atomic mass is 79.9. The number of hydrogen-bond acceptors (Lipinski definition) is 3. The van der Waals surface area contributed by atoms with Gasteiger partial charge in [0, 0.05) is 18.1 Å². The van der Waals surface area contributed by atoms with Crippen molar-refractivity contribution in [1.29, 1.82) is 0 Å². The van der Waals surface area contributed by atoms with Gasteiger partial charge in [0.25, 0.3) is 5.91 Å². The summed E-state index contributed by atoms with van der Waals surface area (Å²) in [6.07, 6.45) is 0. The van der Waals surface area contributed by atoms with E-state index >= 15 is 0 Å². The molecule has 0 radical (unpaired) electrons. The lowest BCUT2D eigenvalue weighted by Gasteiger charge is -2.28. The highest BCUT2D eigenvalue weighted by Gasteiger charge is 2.26. The zero-order valence-electron chi connectivity index (χ0n) is 16.2. The molecule has 0 saturated carbocycles. The molecule has 0 fully saturated rings. The maximum Gasteiger partial charge on any atom is 0.261 e. The lowest BCUT2D eigenvalue weighted by Crippen LogP contribution is -2.49. The number of carbonyl (C=O) groups is 2. The number of carbonyl (C=O) groups excluding carboxylic acids is 2. The highest BCUT2D eigenvalue weighted by molar-refractivity contribution is 9.10. The molecule has 0 spiro atoms. The molecule has 0 unspecified atom stereocenters. The molecule has 0 heterocycles. The van der Waals surface area contributed by atoms with E-state index in [4.69, 9.17) is 16.3 Å². The van der Waals surface area contributed by atoms with Crippen molar-refractivity contribution in [3.05, 3.63) is 63.1 Å². The van der Waals surface area contributed by atoms with E-state index in [0.717, 1.165) is 11.1 Å². The van der Waals surface area contributed by atoms with Gasteiger partial charge in [-0.05, 0) is 60.5 Å². The number of aryl methyl sites for hydroxylation is 1. The Kier molecular flexibility index (Phi) is 8.33. The minimum Gasteiger partial charge on any atom is -0.483 e. The summed E-state index contributed by atoms with van der Waals surface area (Å²) in [5, 5.41) is 3.33. The maximum atomic E-state index is 12.9. The molecule has 150 valence electrons. The summed E-state index contributed by atoms with van der Waals surface area (Å²) in [4.78, 5) is 26.8. The summed E-state index contributed by atoms with van der Waals surface area (Å²) in [5.41, 5.74) is 2.08. The van der Waals surface area contributed by atoms with E-state index in [1.54, 1.807) is 25.1 Å². The van der Waals surface area contributed by atoms with Crippen LogP contribution in [0.15, 0.2) is 46.9 Å². The second-order valence-electron chi connectivity index (χ2n) is 6.44. The first-order valence-corrected chi connectivity index (χ1v) is 10.2. The summed E-state index contributed by atoms with van der Waals surface area (Å²) < 4.78 is 6.31. The number of amides is 2. The fraction of sp³-hybridized carbons (Fsp3) is 0.333. The van der Waals surface area contributed by atoms with E-state index in [-0.39, 0.29) is 18.4 Å². The van der Waals surface area contributed by atoms with Crippen molar-refractivity contribution < 1.29 is 14.3 Å². The number of benzene rings is 2. The molecule has 1 N–H and O–H groups in total. The third-order valence-electron chi connectivity index (χ3n) is 4.24. The van der Waals surface area contributed by atoms with Crippen LogP contribution in [-0.4, -0.2) is 35.9 Å². The Morgan fingerprint density at radius 1 is 1.21 bits per heavy atom. The molecule has 28 heavy (non-hydrogen) atoms. The number of nitrogens with zero attached hydrogens (tertiary/aromatic N) is 1. The number of rotatable bonds is 8. The Morgan fingerprint density at radius 2 is 1.89 bits per heavy atom. The summed E-state index contributed by atoms with van der Waals surface area (Å²) in [6, 6.07) is 12.3. The largest absolute Gasteiger partial charge is 0.483 e. The molecule has 5 nitrogen and oxygen atoms in total. The van der Waals surface area contributed by atoms with Gasteiger partial charge in [-0.2, -0.15) is 0 Å². The van der Waals surface area contributed by atoms with Crippen molar-refractivity contribution >= 4 is 39.3 Å². The van der Waals surface area contributed by atoms with Gasteiger partial charge in [0.2, 0.25) is 5.91 Å². The average Bonchev–Trinajstić information content (AvgIpc) is 2.66. The van der Waals surface area contributed by atoms with Crippen LogP contribution in [0.2, 0.25) is 5.02 Å². The molecular formula is C21H24BrClN2O3. The summed E-state index contributed by atoms with van der Waals surface area (Å²) in [5.74, 6) is 0.0375. The van der Waals surface area contributed by atoms with Gasteiger partial charge in [-0.15, -0.1) is 0 Å². The van der Waals surface area contributed by atoms with Crippen LogP contribution in [0.1, 0.15) is 25.0 Å². The van der Waals surface area contributed by atoms with Crippen LogP contribution in [0.3, 0.4) is 0 Å². The number of likely N-dealkylation sites (N-methyl/N-ethyl adjacent to an activating group) is 1. The Hall–Kier alpha value is -2.05. The number of hydrogen-bond donors (Lipinski definition) is 1. The van der Waals surface area contributed by atoms with Crippen LogP contribution in [-0.2, 0) is 16.1 Å². The Balaban J connectivity index is 2.15. The fourth-order valence-electron chi connectivity index (χ4n) is 2.61. The molecule has 2 amide bonds. The third-order valence-corrected chi connectivity index (χ3v) is 5.09. The molecule has 0 aliphatic rings. The fourth-order valence-corrected chi connectivity index (χ4v) is 3.41. The van der Waals surface area contributed by atoms with Crippen LogP contribution in [0.25, 0.3) is 0 Å². The lowest BCUT2D eigenvalue weighted by molar-refractivity contribution is -0.142. The van der Waals surface area contributed by atoms with E-state index in [1.165, 1.54) is 4.90 Å². The van der Waals surface area contributed by atoms with Crippen molar-refractivity contribution in [3.63, 3.8) is 0 Å². The monoisotopic (exact) mass is 466 g/mol. The second-order valence-corrected chi connectivity index (χ2v) is 7.73. The maximum absolute atomic E-state index is 12.9. The van der Waals surface area contributed by atoms with Crippen molar-refractivity contribution in [2.24, 2.45) is 0 Å². The van der Waals surface area contributed by atoms with Crippen molar-refractivity contribution in [1.82, 2.24) is 10.2 Å². The predicted molar refractivity (Wildman–Crippen MR) is 115 cm³/mol. The first-order chi connectivity index (χ1) is 13.3. The molecule has 0 bridgehead atoms. The molecular weight excluding hydrogens is 444 g/mol. The summed E-state index contributed by atoms with van der Waals surface area (Å²) in [6.45, 7) is 6.21. The first-order valence-electron chi connectivity index (χ1n) is 9.02. The van der Waals surface area contributed by atoms with Crippen LogP contribution < -0.4 is 10.1 Å². The van der Waals surface area contributed by atoms with E-state index in [0.29, 0.717) is 28.3 Å². The van der Waals surface area contributed by atoms with E-state index < -0.39 is 6.04 Å². The van der Waals surface area contributed by atoms with Gasteiger partial charge in [-0.3, -0.25) is 9.59 Å². The normalized spacial score (nSPS) is 11.6. The van der Waals surface area contributed by atoms with E-state index in [9.17, 15) is 9.59 Å². The first kappa shape index (κ1) is 22.2. The Morgan fingerprint density at radius 3 is 2.50 bits per heavy atom. The van der Waals surface area contributed by atoms with E-state index in [1.807, 2.05) is 38.1 Å². The smallest absolute Gasteiger partial charge is 0.261 e. The van der Waals surface area contributed by atoms with Gasteiger partial charge in [0.15, 0.2) is 6.61 Å². The van der Waals surface area contributed by atoms with Crippen molar-refractivity contribution in [2.75, 3.05) is 13.2 Å². The molecule has 2 aromatic rings. The zero-order chi connectivity index (χ0) is 20.7. The topological polar surface area (TPSA) is 58.6 Å². The second kappa shape index (κ2) is 10.5. The Labute approximate surface area is 179 Å². The van der Waals surface area contributed by atoms with Gasteiger partial charge in [-0.1, -0.05) is 41.4 Å². The summed E-state index contributed by atoms with van der Waals surface area (Å²) in [7, 11) is 0. The molecule has 0 aliphatic heterocycles. The van der Waals surface area contributed by atoms with Gasteiger partial charge < -0.3 is 15.0 Å². The molecule has 2 aromatic carbocycles. The molecule has 0 aromatic heterocycles. The van der Waals surface area contributed by atoms with Gasteiger partial charge in [0.1, 0.15) is 11.8 Å². The number of ether oxygens (including phenoxy) is 1. The molecule has 7 heteroatoms.